The van der Waals surface area contributed by atoms with Gasteiger partial charge in [-0.1, -0.05) is 139 Å². The highest BCUT2D eigenvalue weighted by atomic mass is 32.1. The van der Waals surface area contributed by atoms with Gasteiger partial charge in [0.05, 0.1) is 9.40 Å². The third kappa shape index (κ3) is 4.29. The van der Waals surface area contributed by atoms with Crippen molar-refractivity contribution < 1.29 is 0 Å². The van der Waals surface area contributed by atoms with E-state index in [1.54, 1.807) is 0 Å². The van der Waals surface area contributed by atoms with Gasteiger partial charge in [0.2, 0.25) is 0 Å². The first-order valence-corrected chi connectivity index (χ1v) is 20.4. The summed E-state index contributed by atoms with van der Waals surface area (Å²) in [6, 6.07) is 42.6. The van der Waals surface area contributed by atoms with Crippen LogP contribution < -0.4 is 0 Å². The minimum Gasteiger partial charge on any atom is -0.133 e. The molecule has 0 radical (unpaired) electrons. The van der Waals surface area contributed by atoms with Crippen LogP contribution in [0.4, 0.5) is 0 Å². The van der Waals surface area contributed by atoms with Gasteiger partial charge in [-0.3, -0.25) is 0 Å². The predicted molar refractivity (Wildman–Crippen MR) is 231 cm³/mol. The van der Waals surface area contributed by atoms with Crippen molar-refractivity contribution in [1.29, 1.82) is 0 Å². The van der Waals surface area contributed by atoms with E-state index in [2.05, 4.69) is 151 Å². The van der Waals surface area contributed by atoms with Crippen molar-refractivity contribution in [3.05, 3.63) is 120 Å². The van der Waals surface area contributed by atoms with Crippen LogP contribution in [0.15, 0.2) is 109 Å². The number of benzene rings is 8. The molecule has 51 heavy (non-hydrogen) atoms. The maximum atomic E-state index is 2.45. The van der Waals surface area contributed by atoms with E-state index in [4.69, 9.17) is 0 Å². The first-order valence-electron chi connectivity index (χ1n) is 17.9. The van der Waals surface area contributed by atoms with E-state index >= 15 is 0 Å². The van der Waals surface area contributed by atoms with E-state index in [-0.39, 0.29) is 10.8 Å². The Kier molecular flexibility index (Phi) is 5.95. The van der Waals surface area contributed by atoms with Crippen LogP contribution in [0.1, 0.15) is 52.7 Å². The second-order valence-electron chi connectivity index (χ2n) is 16.6. The van der Waals surface area contributed by atoms with E-state index in [9.17, 15) is 0 Å². The van der Waals surface area contributed by atoms with Crippen molar-refractivity contribution >= 4 is 117 Å². The number of thiophene rings is 3. The Morgan fingerprint density at radius 3 is 1.10 bits per heavy atom. The molecule has 0 saturated heterocycles. The molecule has 3 heteroatoms. The van der Waals surface area contributed by atoms with Crippen molar-refractivity contribution in [3.63, 3.8) is 0 Å². The summed E-state index contributed by atoms with van der Waals surface area (Å²) in [5, 5.41) is 16.3. The molecule has 0 N–H and O–H groups in total. The first kappa shape index (κ1) is 30.1. The fourth-order valence-corrected chi connectivity index (χ4v) is 12.6. The molecule has 11 aromatic rings. The summed E-state index contributed by atoms with van der Waals surface area (Å²) in [5.74, 6) is 0. The molecular formula is C48H36S3. The number of fused-ring (bicyclic) bond motifs is 3. The van der Waals surface area contributed by atoms with Crippen LogP contribution in [0.3, 0.4) is 0 Å². The molecule has 0 bridgehead atoms. The molecule has 8 aromatic carbocycles. The largest absolute Gasteiger partial charge is 0.133 e. The third-order valence-electron chi connectivity index (χ3n) is 11.3. The Morgan fingerprint density at radius 2 is 0.706 bits per heavy atom. The van der Waals surface area contributed by atoms with E-state index in [1.165, 1.54) is 115 Å². The second kappa shape index (κ2) is 10.1. The Bertz CT molecular complexity index is 2950. The Hall–Kier alpha value is -4.54. The lowest BCUT2D eigenvalue weighted by Crippen LogP contribution is -2.10. The lowest BCUT2D eigenvalue weighted by molar-refractivity contribution is 0.591. The number of hydrogen-bond acceptors (Lipinski definition) is 3. The minimum absolute atomic E-state index is 0.113. The maximum absolute atomic E-state index is 2.45. The Labute approximate surface area is 309 Å². The maximum Gasteiger partial charge on any atom is 0.0636 e. The van der Waals surface area contributed by atoms with Gasteiger partial charge in [-0.2, -0.15) is 0 Å². The smallest absolute Gasteiger partial charge is 0.0636 e. The summed E-state index contributed by atoms with van der Waals surface area (Å²) in [6.45, 7) is 13.8. The van der Waals surface area contributed by atoms with E-state index in [1.807, 2.05) is 34.0 Å². The summed E-state index contributed by atoms with van der Waals surface area (Å²) >= 11 is 5.88. The highest BCUT2D eigenvalue weighted by molar-refractivity contribution is 7.40. The van der Waals surface area contributed by atoms with E-state index < -0.39 is 0 Å². The van der Waals surface area contributed by atoms with Crippen molar-refractivity contribution in [2.24, 2.45) is 0 Å². The SMILES string of the molecule is CC(C)(C)c1cc2ccc3ccc(-c4cc5sc6cc(-c7ccc8ccc9cc(C(C)(C)C)cc%10ccc7c8c9%10)sc6c5s4)c4ccc(c1)c2c34. The fourth-order valence-electron chi connectivity index (χ4n) is 8.54. The van der Waals surface area contributed by atoms with Gasteiger partial charge in [0.15, 0.2) is 0 Å². The van der Waals surface area contributed by atoms with Gasteiger partial charge in [-0.25, -0.2) is 0 Å². The van der Waals surface area contributed by atoms with Crippen molar-refractivity contribution in [2.45, 2.75) is 52.4 Å². The average Bonchev–Trinajstić information content (AvgIpc) is 3.79. The van der Waals surface area contributed by atoms with Gasteiger partial charge in [-0.15, -0.1) is 34.0 Å². The number of rotatable bonds is 2. The standard InChI is InChI=1S/C48H36S3/c1-47(2,3)31-19-27-9-7-25-11-15-33(35-17-13-29(21-31)41(27)43(25)35)37-23-39-45(50-37)46-40(49-39)24-38(51-46)34-16-12-26-8-10-28-20-32(48(4,5)6)22-30-14-18-36(34)44(26)42(28)30/h7-24H,1-6H3. The zero-order valence-electron chi connectivity index (χ0n) is 29.6. The molecule has 0 fully saturated rings. The molecule has 0 atom stereocenters. The first-order chi connectivity index (χ1) is 24.5. The molecule has 0 aliphatic rings. The lowest BCUT2D eigenvalue weighted by Gasteiger charge is -2.21. The topological polar surface area (TPSA) is 0 Å². The van der Waals surface area contributed by atoms with Crippen LogP contribution >= 0.6 is 34.0 Å². The van der Waals surface area contributed by atoms with Gasteiger partial charge in [0.1, 0.15) is 0 Å². The zero-order chi connectivity index (χ0) is 34.6. The van der Waals surface area contributed by atoms with Crippen LogP contribution in [0, 0.1) is 0 Å². The summed E-state index contributed by atoms with van der Waals surface area (Å²) in [4.78, 5) is 2.72. The van der Waals surface area contributed by atoms with Gasteiger partial charge in [0, 0.05) is 19.2 Å². The molecule has 0 amide bonds. The molecule has 3 heterocycles. The van der Waals surface area contributed by atoms with Gasteiger partial charge in [0.25, 0.3) is 0 Å². The second-order valence-corrected chi connectivity index (χ2v) is 19.8. The lowest BCUT2D eigenvalue weighted by atomic mass is 9.83. The summed E-state index contributed by atoms with van der Waals surface area (Å²) in [6.07, 6.45) is 0. The van der Waals surface area contributed by atoms with Crippen molar-refractivity contribution in [1.82, 2.24) is 0 Å². The van der Waals surface area contributed by atoms with Gasteiger partial charge in [-0.05, 0) is 110 Å². The molecule has 0 saturated carbocycles. The average molecular weight is 709 g/mol. The molecule has 11 rings (SSSR count). The minimum atomic E-state index is 0.113. The molecule has 0 unspecified atom stereocenters. The highest BCUT2D eigenvalue weighted by Crippen LogP contribution is 2.51. The molecule has 0 aliphatic heterocycles. The predicted octanol–water partition coefficient (Wildman–Crippen LogP) is 15.9. The normalized spacial score (nSPS) is 13.3. The van der Waals surface area contributed by atoms with Crippen molar-refractivity contribution in [2.75, 3.05) is 0 Å². The molecule has 0 aliphatic carbocycles. The van der Waals surface area contributed by atoms with E-state index in [0.29, 0.717) is 0 Å². The molecular weight excluding hydrogens is 673 g/mol. The summed E-state index contributed by atoms with van der Waals surface area (Å²) < 4.78 is 5.64. The fraction of sp³-hybridized carbons (Fsp3) is 0.167. The monoisotopic (exact) mass is 708 g/mol. The number of hydrogen-bond donors (Lipinski definition) is 0. The van der Waals surface area contributed by atoms with Gasteiger partial charge < -0.3 is 0 Å². The quantitative estimate of drug-likeness (QED) is 0.157. The van der Waals surface area contributed by atoms with Crippen LogP contribution in [0.5, 0.6) is 0 Å². The Morgan fingerprint density at radius 1 is 0.353 bits per heavy atom. The summed E-state index contributed by atoms with van der Waals surface area (Å²) in [5.41, 5.74) is 5.70. The van der Waals surface area contributed by atoms with Crippen LogP contribution in [0.25, 0.3) is 104 Å². The molecule has 246 valence electrons. The highest BCUT2D eigenvalue weighted by Gasteiger charge is 2.22. The third-order valence-corrected chi connectivity index (χ3v) is 15.1. The van der Waals surface area contributed by atoms with Crippen LogP contribution in [-0.2, 0) is 10.8 Å². The molecule has 3 aromatic heterocycles. The van der Waals surface area contributed by atoms with Gasteiger partial charge >= 0.3 is 0 Å². The summed E-state index contributed by atoms with van der Waals surface area (Å²) in [7, 11) is 0. The van der Waals surface area contributed by atoms with Crippen LogP contribution in [-0.4, -0.2) is 0 Å². The Balaban J connectivity index is 1.06. The molecule has 0 nitrogen and oxygen atoms in total. The van der Waals surface area contributed by atoms with Crippen LogP contribution in [0.2, 0.25) is 0 Å². The zero-order valence-corrected chi connectivity index (χ0v) is 32.1. The van der Waals surface area contributed by atoms with Crippen molar-refractivity contribution in [3.8, 4) is 20.9 Å². The molecule has 0 spiro atoms. The van der Waals surface area contributed by atoms with E-state index in [0.717, 1.165) is 0 Å².